The first-order chi connectivity index (χ1) is 10.3. The Kier molecular flexibility index (Phi) is 4.20. The highest BCUT2D eigenvalue weighted by molar-refractivity contribution is 7.71. The van der Waals surface area contributed by atoms with E-state index in [1.807, 2.05) is 46.0 Å². The Labute approximate surface area is 129 Å². The smallest absolute Gasteiger partial charge is 0.242 e. The van der Waals surface area contributed by atoms with E-state index in [0.717, 1.165) is 37.2 Å². The highest BCUT2D eigenvalue weighted by atomic mass is 32.1. The normalized spacial score (nSPS) is 15.1. The molecule has 1 saturated heterocycles. The van der Waals surface area contributed by atoms with Gasteiger partial charge in [0.25, 0.3) is 0 Å². The van der Waals surface area contributed by atoms with Crippen molar-refractivity contribution < 1.29 is 4.79 Å². The molecular formula is C16H19N3OS. The summed E-state index contributed by atoms with van der Waals surface area (Å²) < 4.78 is 2.49. The molecule has 1 N–H and O–H groups in total. The number of carbonyl (C=O) groups is 1. The van der Waals surface area contributed by atoms with E-state index in [0.29, 0.717) is 11.3 Å². The molecule has 5 heteroatoms. The van der Waals surface area contributed by atoms with Gasteiger partial charge in [0.05, 0.1) is 5.69 Å². The van der Waals surface area contributed by atoms with Crippen LogP contribution in [0.1, 0.15) is 19.3 Å². The van der Waals surface area contributed by atoms with Crippen LogP contribution in [0.5, 0.6) is 0 Å². The highest BCUT2D eigenvalue weighted by Crippen LogP contribution is 2.20. The molecule has 0 radical (unpaired) electrons. The van der Waals surface area contributed by atoms with Crippen molar-refractivity contribution in [3.63, 3.8) is 0 Å². The summed E-state index contributed by atoms with van der Waals surface area (Å²) in [5.74, 6) is 0.155. The number of hydrogen-bond donors (Lipinski definition) is 1. The lowest BCUT2D eigenvalue weighted by Crippen LogP contribution is -2.37. The number of amides is 1. The molecule has 2 heterocycles. The van der Waals surface area contributed by atoms with Crippen LogP contribution in [-0.2, 0) is 11.3 Å². The largest absolute Gasteiger partial charge is 0.341 e. The predicted molar refractivity (Wildman–Crippen MR) is 85.5 cm³/mol. The molecule has 1 aromatic heterocycles. The molecule has 0 bridgehead atoms. The van der Waals surface area contributed by atoms with Crippen LogP contribution >= 0.6 is 12.2 Å². The summed E-state index contributed by atoms with van der Waals surface area (Å²) in [4.78, 5) is 17.4. The summed E-state index contributed by atoms with van der Waals surface area (Å²) in [6, 6.07) is 10.0. The lowest BCUT2D eigenvalue weighted by Gasteiger charge is -2.27. The maximum absolute atomic E-state index is 12.4. The zero-order valence-corrected chi connectivity index (χ0v) is 12.7. The van der Waals surface area contributed by atoms with Crippen LogP contribution < -0.4 is 0 Å². The molecule has 1 amide bonds. The van der Waals surface area contributed by atoms with Crippen molar-refractivity contribution in [3.8, 4) is 11.3 Å². The quantitative estimate of drug-likeness (QED) is 0.884. The van der Waals surface area contributed by atoms with E-state index in [1.165, 1.54) is 6.42 Å². The number of piperidine rings is 1. The lowest BCUT2D eigenvalue weighted by molar-refractivity contribution is -0.132. The van der Waals surface area contributed by atoms with Gasteiger partial charge in [-0.15, -0.1) is 0 Å². The number of carbonyl (C=O) groups excluding carboxylic acids is 1. The Bertz CT molecular complexity index is 668. The van der Waals surface area contributed by atoms with E-state index in [2.05, 4.69) is 4.98 Å². The van der Waals surface area contributed by atoms with Gasteiger partial charge in [-0.2, -0.15) is 0 Å². The molecule has 0 unspecified atom stereocenters. The summed E-state index contributed by atoms with van der Waals surface area (Å²) in [6.07, 6.45) is 5.31. The highest BCUT2D eigenvalue weighted by Gasteiger charge is 2.18. The maximum atomic E-state index is 12.4. The van der Waals surface area contributed by atoms with Gasteiger partial charge in [0, 0.05) is 19.3 Å². The summed E-state index contributed by atoms with van der Waals surface area (Å²) in [5, 5.41) is 0. The van der Waals surface area contributed by atoms with Gasteiger partial charge in [-0.3, -0.25) is 4.79 Å². The van der Waals surface area contributed by atoms with Gasteiger partial charge < -0.3 is 14.5 Å². The minimum Gasteiger partial charge on any atom is -0.341 e. The molecule has 2 aromatic rings. The number of H-pyrrole nitrogens is 1. The van der Waals surface area contributed by atoms with Crippen LogP contribution in [0.15, 0.2) is 36.5 Å². The average molecular weight is 301 g/mol. The van der Waals surface area contributed by atoms with Crippen molar-refractivity contribution >= 4 is 18.1 Å². The van der Waals surface area contributed by atoms with Crippen molar-refractivity contribution in [1.82, 2.24) is 14.5 Å². The number of imidazole rings is 1. The number of aromatic nitrogens is 2. The van der Waals surface area contributed by atoms with Crippen molar-refractivity contribution in [1.29, 1.82) is 0 Å². The third kappa shape index (κ3) is 3.08. The van der Waals surface area contributed by atoms with Crippen molar-refractivity contribution in [2.75, 3.05) is 13.1 Å². The van der Waals surface area contributed by atoms with Gasteiger partial charge in [0.1, 0.15) is 6.54 Å². The number of hydrogen-bond acceptors (Lipinski definition) is 2. The SMILES string of the molecule is O=C(Cn1c(-c2ccccc2)c[nH]c1=S)N1CCCCC1. The molecule has 1 aromatic carbocycles. The molecule has 1 fully saturated rings. The predicted octanol–water partition coefficient (Wildman–Crippen LogP) is 3.23. The number of nitrogens with one attached hydrogen (secondary N) is 1. The molecule has 0 spiro atoms. The summed E-state index contributed by atoms with van der Waals surface area (Å²) >= 11 is 5.33. The first-order valence-electron chi connectivity index (χ1n) is 7.37. The number of aromatic amines is 1. The second-order valence-electron chi connectivity index (χ2n) is 5.37. The zero-order chi connectivity index (χ0) is 14.7. The summed E-state index contributed by atoms with van der Waals surface area (Å²) in [6.45, 7) is 2.06. The van der Waals surface area contributed by atoms with Crippen LogP contribution in [0.25, 0.3) is 11.3 Å². The number of rotatable bonds is 3. The second-order valence-corrected chi connectivity index (χ2v) is 5.76. The first kappa shape index (κ1) is 14.1. The Morgan fingerprint density at radius 3 is 2.57 bits per heavy atom. The molecule has 1 aliphatic rings. The topological polar surface area (TPSA) is 41.0 Å². The van der Waals surface area contributed by atoms with Gasteiger partial charge in [0.15, 0.2) is 4.77 Å². The van der Waals surface area contributed by atoms with E-state index in [1.54, 1.807) is 0 Å². The zero-order valence-electron chi connectivity index (χ0n) is 11.9. The molecule has 0 atom stereocenters. The molecule has 0 saturated carbocycles. The van der Waals surface area contributed by atoms with Gasteiger partial charge in [-0.05, 0) is 37.0 Å². The van der Waals surface area contributed by atoms with Crippen molar-refractivity contribution in [2.24, 2.45) is 0 Å². The molecule has 3 rings (SSSR count). The number of likely N-dealkylation sites (tertiary alicyclic amines) is 1. The molecular weight excluding hydrogens is 282 g/mol. The Hall–Kier alpha value is -1.88. The number of benzene rings is 1. The van der Waals surface area contributed by atoms with Crippen LogP contribution in [0.3, 0.4) is 0 Å². The van der Waals surface area contributed by atoms with Crippen molar-refractivity contribution in [3.05, 3.63) is 41.3 Å². The van der Waals surface area contributed by atoms with E-state index in [4.69, 9.17) is 12.2 Å². The van der Waals surface area contributed by atoms with Crippen LogP contribution in [0.4, 0.5) is 0 Å². The maximum Gasteiger partial charge on any atom is 0.242 e. The minimum atomic E-state index is 0.155. The third-order valence-electron chi connectivity index (χ3n) is 3.94. The minimum absolute atomic E-state index is 0.155. The lowest BCUT2D eigenvalue weighted by atomic mass is 10.1. The van der Waals surface area contributed by atoms with E-state index < -0.39 is 0 Å². The first-order valence-corrected chi connectivity index (χ1v) is 7.78. The molecule has 0 aliphatic carbocycles. The fraction of sp³-hybridized carbons (Fsp3) is 0.375. The van der Waals surface area contributed by atoms with Gasteiger partial charge in [0.2, 0.25) is 5.91 Å². The second kappa shape index (κ2) is 6.26. The summed E-state index contributed by atoms with van der Waals surface area (Å²) in [5.41, 5.74) is 2.03. The monoisotopic (exact) mass is 301 g/mol. The Morgan fingerprint density at radius 2 is 1.86 bits per heavy atom. The molecule has 4 nitrogen and oxygen atoms in total. The standard InChI is InChI=1S/C16H19N3OS/c20-15(18-9-5-2-6-10-18)12-19-14(11-17-16(19)21)13-7-3-1-4-8-13/h1,3-4,7-8,11H,2,5-6,9-10,12H2,(H,17,21). The van der Waals surface area contributed by atoms with Crippen LogP contribution in [-0.4, -0.2) is 33.4 Å². The van der Waals surface area contributed by atoms with Gasteiger partial charge in [-0.1, -0.05) is 30.3 Å². The number of nitrogens with zero attached hydrogens (tertiary/aromatic N) is 2. The van der Waals surface area contributed by atoms with Gasteiger partial charge >= 0.3 is 0 Å². The fourth-order valence-electron chi connectivity index (χ4n) is 2.78. The van der Waals surface area contributed by atoms with Crippen LogP contribution in [0.2, 0.25) is 0 Å². The third-order valence-corrected chi connectivity index (χ3v) is 4.28. The fourth-order valence-corrected chi connectivity index (χ4v) is 3.00. The Morgan fingerprint density at radius 1 is 1.14 bits per heavy atom. The van der Waals surface area contributed by atoms with Crippen molar-refractivity contribution in [2.45, 2.75) is 25.8 Å². The van der Waals surface area contributed by atoms with Gasteiger partial charge in [-0.25, -0.2) is 0 Å². The average Bonchev–Trinajstić information content (AvgIpc) is 2.90. The van der Waals surface area contributed by atoms with E-state index >= 15 is 0 Å². The molecule has 1 aliphatic heterocycles. The molecule has 21 heavy (non-hydrogen) atoms. The summed E-state index contributed by atoms with van der Waals surface area (Å²) in [7, 11) is 0. The van der Waals surface area contributed by atoms with Crippen LogP contribution in [0, 0.1) is 4.77 Å². The van der Waals surface area contributed by atoms with E-state index in [-0.39, 0.29) is 5.91 Å². The molecule has 110 valence electrons. The Balaban J connectivity index is 1.84. The van der Waals surface area contributed by atoms with E-state index in [9.17, 15) is 4.79 Å².